The topological polar surface area (TPSA) is 50.2 Å². The van der Waals surface area contributed by atoms with E-state index in [2.05, 4.69) is 63.0 Å². The van der Waals surface area contributed by atoms with Gasteiger partial charge >= 0.3 is 0 Å². The summed E-state index contributed by atoms with van der Waals surface area (Å²) in [6.45, 7) is 19.6. The van der Waals surface area contributed by atoms with Gasteiger partial charge in [-0.15, -0.1) is 34.9 Å². The molecular weight excluding hydrogens is 599 g/mol. The van der Waals surface area contributed by atoms with E-state index in [9.17, 15) is 9.90 Å². The first-order valence-corrected chi connectivity index (χ1v) is 11.4. The molecule has 0 atom stereocenters. The van der Waals surface area contributed by atoms with E-state index in [-0.39, 0.29) is 37.1 Å². The zero-order valence-electron chi connectivity index (χ0n) is 22.2. The van der Waals surface area contributed by atoms with E-state index in [0.717, 1.165) is 11.3 Å². The standard InChI is InChI=1S/C19H18N.C11H20O2.Ir/c1-12-6-8-17(14(3)9-12)19-18-10-13(2)5-7-16(18)15(4)11-20-19;1-10(2,3)8(12)7-9(13)11(4,5)6;/h5-7,9-11H,1-4H3;7,12H,1-6H3;/q-1;;/b;8-7-;. The van der Waals surface area contributed by atoms with Crippen molar-refractivity contribution in [3.8, 4) is 11.3 Å². The minimum atomic E-state index is -0.417. The summed E-state index contributed by atoms with van der Waals surface area (Å²) in [5, 5.41) is 12.0. The molecule has 0 saturated carbocycles. The third-order valence-electron chi connectivity index (χ3n) is 5.54. The molecule has 1 heterocycles. The molecule has 0 aliphatic rings. The predicted octanol–water partition coefficient (Wildman–Crippen LogP) is 8.02. The van der Waals surface area contributed by atoms with E-state index in [4.69, 9.17) is 0 Å². The Hall–Kier alpha value is -2.29. The Kier molecular flexibility index (Phi) is 9.99. The van der Waals surface area contributed by atoms with Gasteiger partial charge in [-0.05, 0) is 35.9 Å². The number of fused-ring (bicyclic) bond motifs is 1. The van der Waals surface area contributed by atoms with Gasteiger partial charge in [-0.25, -0.2) is 0 Å². The molecule has 0 bridgehead atoms. The molecule has 4 heteroatoms. The number of aromatic nitrogens is 1. The minimum Gasteiger partial charge on any atom is -0.512 e. The average molecular weight is 637 g/mol. The maximum Gasteiger partial charge on any atom is 0.164 e. The molecule has 0 saturated heterocycles. The Balaban J connectivity index is 0.000000364. The number of pyridine rings is 1. The number of aliphatic hydroxyl groups excluding tert-OH is 1. The number of hydrogen-bond acceptors (Lipinski definition) is 3. The largest absolute Gasteiger partial charge is 0.512 e. The molecule has 3 nitrogen and oxygen atoms in total. The Bertz CT molecular complexity index is 1190. The molecule has 34 heavy (non-hydrogen) atoms. The predicted molar refractivity (Wildman–Crippen MR) is 140 cm³/mol. The van der Waals surface area contributed by atoms with Gasteiger partial charge in [0.15, 0.2) is 5.78 Å². The molecule has 1 radical (unpaired) electrons. The second kappa shape index (κ2) is 11.4. The summed E-state index contributed by atoms with van der Waals surface area (Å²) in [6.07, 6.45) is 3.29. The second-order valence-electron chi connectivity index (χ2n) is 11.0. The van der Waals surface area contributed by atoms with E-state index in [0.29, 0.717) is 0 Å². The van der Waals surface area contributed by atoms with Gasteiger partial charge in [-0.1, -0.05) is 79.2 Å². The van der Waals surface area contributed by atoms with Crippen molar-refractivity contribution in [2.45, 2.75) is 69.2 Å². The van der Waals surface area contributed by atoms with Crippen molar-refractivity contribution >= 4 is 16.6 Å². The summed E-state index contributed by atoms with van der Waals surface area (Å²) in [5.74, 6) is 0.104. The fourth-order valence-corrected chi connectivity index (χ4v) is 3.27. The molecule has 3 aromatic rings. The maximum absolute atomic E-state index is 11.5. The van der Waals surface area contributed by atoms with Crippen molar-refractivity contribution in [2.24, 2.45) is 10.8 Å². The monoisotopic (exact) mass is 637 g/mol. The molecule has 0 unspecified atom stereocenters. The summed E-state index contributed by atoms with van der Waals surface area (Å²) in [7, 11) is 0. The normalized spacial score (nSPS) is 12.0. The van der Waals surface area contributed by atoms with E-state index in [1.807, 2.05) is 53.8 Å². The van der Waals surface area contributed by atoms with Crippen LogP contribution in [0.4, 0.5) is 0 Å². The van der Waals surface area contributed by atoms with Crippen molar-refractivity contribution in [3.05, 3.63) is 76.7 Å². The number of allylic oxidation sites excluding steroid dienone is 2. The van der Waals surface area contributed by atoms with Gasteiger partial charge in [-0.3, -0.25) is 4.79 Å². The number of hydrogen-bond donors (Lipinski definition) is 1. The third kappa shape index (κ3) is 7.61. The molecule has 2 aromatic carbocycles. The van der Waals surface area contributed by atoms with Gasteiger partial charge in [0.05, 0.1) is 0 Å². The van der Waals surface area contributed by atoms with Gasteiger partial charge in [0.1, 0.15) is 5.76 Å². The smallest absolute Gasteiger partial charge is 0.164 e. The van der Waals surface area contributed by atoms with Crippen LogP contribution < -0.4 is 0 Å². The van der Waals surface area contributed by atoms with Crippen LogP contribution in [0.1, 0.15) is 63.8 Å². The van der Waals surface area contributed by atoms with Crippen LogP contribution in [0.5, 0.6) is 0 Å². The van der Waals surface area contributed by atoms with Crippen molar-refractivity contribution in [1.82, 2.24) is 4.98 Å². The number of ketones is 1. The number of rotatable bonds is 2. The SMILES string of the molecule is CC(C)(C)C(=O)/C=C(\O)C(C)(C)C.Cc1c[c-]c(-c2ncc(C)c3ccc(C)cc23)c(C)c1.[Ir]. The molecule has 0 amide bonds. The number of aryl methyl sites for hydroxylation is 4. The van der Waals surface area contributed by atoms with Crippen molar-refractivity contribution in [3.63, 3.8) is 0 Å². The Morgan fingerprint density at radius 2 is 1.50 bits per heavy atom. The molecule has 3 rings (SSSR count). The first kappa shape index (κ1) is 29.7. The zero-order chi connectivity index (χ0) is 25.1. The van der Waals surface area contributed by atoms with Gasteiger partial charge in [0.25, 0.3) is 0 Å². The van der Waals surface area contributed by atoms with Crippen LogP contribution in [-0.4, -0.2) is 15.9 Å². The Morgan fingerprint density at radius 1 is 0.882 bits per heavy atom. The summed E-state index contributed by atoms with van der Waals surface area (Å²) in [4.78, 5) is 16.2. The minimum absolute atomic E-state index is 0. The Labute approximate surface area is 219 Å². The van der Waals surface area contributed by atoms with E-state index in [1.165, 1.54) is 39.1 Å². The summed E-state index contributed by atoms with van der Waals surface area (Å²) in [5.41, 5.74) is 6.31. The Morgan fingerprint density at radius 3 is 2.03 bits per heavy atom. The van der Waals surface area contributed by atoms with Gasteiger partial charge in [0.2, 0.25) is 0 Å². The van der Waals surface area contributed by atoms with E-state index >= 15 is 0 Å². The molecule has 0 aliphatic heterocycles. The average Bonchev–Trinajstić information content (AvgIpc) is 2.68. The van der Waals surface area contributed by atoms with Gasteiger partial charge < -0.3 is 10.1 Å². The molecule has 0 fully saturated rings. The molecule has 0 spiro atoms. The van der Waals surface area contributed by atoms with E-state index in [1.54, 1.807) is 0 Å². The second-order valence-corrected chi connectivity index (χ2v) is 11.0. The zero-order valence-corrected chi connectivity index (χ0v) is 24.6. The molecule has 1 N–H and O–H groups in total. The number of nitrogens with zero attached hydrogens (tertiary/aromatic N) is 1. The maximum atomic E-state index is 11.5. The first-order valence-electron chi connectivity index (χ1n) is 11.4. The quantitative estimate of drug-likeness (QED) is 0.176. The fourth-order valence-electron chi connectivity index (χ4n) is 3.27. The van der Waals surface area contributed by atoms with Crippen LogP contribution in [0, 0.1) is 44.6 Å². The van der Waals surface area contributed by atoms with Crippen molar-refractivity contribution < 1.29 is 30.0 Å². The summed E-state index contributed by atoms with van der Waals surface area (Å²) < 4.78 is 0. The van der Waals surface area contributed by atoms with Gasteiger partial charge in [-0.2, -0.15) is 0 Å². The van der Waals surface area contributed by atoms with Crippen LogP contribution in [0.2, 0.25) is 0 Å². The van der Waals surface area contributed by atoms with Crippen LogP contribution in [0.3, 0.4) is 0 Å². The number of aliphatic hydroxyl groups is 1. The molecule has 0 aliphatic carbocycles. The van der Waals surface area contributed by atoms with Crippen LogP contribution in [0.15, 0.2) is 48.4 Å². The van der Waals surface area contributed by atoms with Crippen molar-refractivity contribution in [2.75, 3.05) is 0 Å². The number of carbonyl (C=O) groups excluding carboxylic acids is 1. The van der Waals surface area contributed by atoms with Crippen LogP contribution in [-0.2, 0) is 24.9 Å². The summed E-state index contributed by atoms with van der Waals surface area (Å²) >= 11 is 0. The molecule has 185 valence electrons. The first-order chi connectivity index (χ1) is 15.1. The fraction of sp³-hybridized carbons (Fsp3) is 0.400. The molecular formula is C30H38IrNO2-. The van der Waals surface area contributed by atoms with Gasteiger partial charge in [0, 0.05) is 43.2 Å². The van der Waals surface area contributed by atoms with Crippen molar-refractivity contribution in [1.29, 1.82) is 0 Å². The number of carbonyl (C=O) groups is 1. The van der Waals surface area contributed by atoms with Crippen LogP contribution >= 0.6 is 0 Å². The number of benzene rings is 2. The van der Waals surface area contributed by atoms with Crippen LogP contribution in [0.25, 0.3) is 22.0 Å². The summed E-state index contributed by atoms with van der Waals surface area (Å²) in [6, 6.07) is 14.2. The van der Waals surface area contributed by atoms with E-state index < -0.39 is 5.41 Å². The third-order valence-corrected chi connectivity index (χ3v) is 5.54. The molecule has 1 aromatic heterocycles.